The molecule has 0 amide bonds. The molecule has 0 spiro atoms. The summed E-state index contributed by atoms with van der Waals surface area (Å²) in [5.74, 6) is 0. The molecule has 2 rings (SSSR count). The van der Waals surface area contributed by atoms with E-state index in [-0.39, 0.29) is 5.31 Å². The average molecular weight is 256 g/mol. The van der Waals surface area contributed by atoms with Crippen molar-refractivity contribution in [2.75, 3.05) is 13.1 Å². The van der Waals surface area contributed by atoms with E-state index in [9.17, 15) is 0 Å². The van der Waals surface area contributed by atoms with Crippen molar-refractivity contribution in [1.29, 1.82) is 0 Å². The molecule has 19 heavy (non-hydrogen) atoms. The Kier molecular flexibility index (Phi) is 6.16. The minimum Gasteiger partial charge on any atom is -0.361 e. The Labute approximate surface area is 118 Å². The molecule has 0 saturated heterocycles. The maximum absolute atomic E-state index is 5.35. The predicted octanol–water partition coefficient (Wildman–Crippen LogP) is 3.69. The van der Waals surface area contributed by atoms with Gasteiger partial charge in [0, 0.05) is 17.1 Å². The standard InChI is InChI=1S/C12H16N2.C4H9B/c1-2-13-8-7-10-9-14-12-6-4-3-5-11(10)12;1-4(2,3)5/h3-6,9,13-14H,2,7-8H2,1H3;1-3H3. The summed E-state index contributed by atoms with van der Waals surface area (Å²) < 4.78 is 0. The van der Waals surface area contributed by atoms with Crippen LogP contribution in [0, 0.1) is 0 Å². The van der Waals surface area contributed by atoms with Crippen molar-refractivity contribution in [3.8, 4) is 0 Å². The number of nitrogens with one attached hydrogen (secondary N) is 2. The maximum atomic E-state index is 5.35. The topological polar surface area (TPSA) is 27.8 Å². The number of rotatable bonds is 4. The monoisotopic (exact) mass is 256 g/mol. The summed E-state index contributed by atoms with van der Waals surface area (Å²) in [6.45, 7) is 10.1. The lowest BCUT2D eigenvalue weighted by Gasteiger charge is -2.05. The van der Waals surface area contributed by atoms with Crippen LogP contribution in [0.3, 0.4) is 0 Å². The van der Waals surface area contributed by atoms with E-state index in [2.05, 4.69) is 47.7 Å². The van der Waals surface area contributed by atoms with Gasteiger partial charge in [0.05, 0.1) is 7.85 Å². The Balaban J connectivity index is 0.000000312. The molecule has 0 saturated carbocycles. The Morgan fingerprint density at radius 1 is 1.21 bits per heavy atom. The lowest BCUT2D eigenvalue weighted by Crippen LogP contribution is -2.15. The van der Waals surface area contributed by atoms with Gasteiger partial charge in [-0.2, -0.15) is 0 Å². The summed E-state index contributed by atoms with van der Waals surface area (Å²) in [5, 5.41) is 4.69. The minimum atomic E-state index is 0. The first-order chi connectivity index (χ1) is 8.92. The molecule has 0 fully saturated rings. The zero-order valence-corrected chi connectivity index (χ0v) is 12.6. The van der Waals surface area contributed by atoms with E-state index >= 15 is 0 Å². The Hall–Kier alpha value is -1.22. The van der Waals surface area contributed by atoms with Gasteiger partial charge < -0.3 is 10.3 Å². The number of aromatic nitrogens is 1. The van der Waals surface area contributed by atoms with E-state index in [0.29, 0.717) is 0 Å². The van der Waals surface area contributed by atoms with Crippen molar-refractivity contribution in [2.45, 2.75) is 39.4 Å². The molecule has 1 heterocycles. The van der Waals surface area contributed by atoms with E-state index in [1.165, 1.54) is 16.5 Å². The highest BCUT2D eigenvalue weighted by atomic mass is 14.8. The molecule has 0 aliphatic rings. The van der Waals surface area contributed by atoms with Crippen molar-refractivity contribution in [3.05, 3.63) is 36.0 Å². The van der Waals surface area contributed by atoms with Crippen LogP contribution >= 0.6 is 0 Å². The Morgan fingerprint density at radius 2 is 1.84 bits per heavy atom. The van der Waals surface area contributed by atoms with Gasteiger partial charge in [0.1, 0.15) is 0 Å². The number of hydrogen-bond donors (Lipinski definition) is 2. The highest BCUT2D eigenvalue weighted by Crippen LogP contribution is 2.17. The number of para-hydroxylation sites is 1. The van der Waals surface area contributed by atoms with E-state index in [1.54, 1.807) is 0 Å². The zero-order valence-electron chi connectivity index (χ0n) is 12.6. The lowest BCUT2D eigenvalue weighted by atomic mass is 9.75. The number of likely N-dealkylation sites (N-methyl/N-ethyl adjacent to an activating group) is 1. The van der Waals surface area contributed by atoms with Gasteiger partial charge in [-0.1, -0.05) is 51.2 Å². The Morgan fingerprint density at radius 3 is 2.47 bits per heavy atom. The maximum Gasteiger partial charge on any atom is 0.0735 e. The highest BCUT2D eigenvalue weighted by molar-refractivity contribution is 6.14. The van der Waals surface area contributed by atoms with Crippen LogP contribution in [0.5, 0.6) is 0 Å². The summed E-state index contributed by atoms with van der Waals surface area (Å²) in [5.41, 5.74) is 2.64. The first-order valence-electron chi connectivity index (χ1n) is 6.96. The Bertz CT molecular complexity index is 477. The number of hydrogen-bond acceptors (Lipinski definition) is 1. The molecule has 2 radical (unpaired) electrons. The van der Waals surface area contributed by atoms with Gasteiger partial charge in [-0.25, -0.2) is 0 Å². The summed E-state index contributed by atoms with van der Waals surface area (Å²) in [7, 11) is 5.35. The molecule has 2 N–H and O–H groups in total. The van der Waals surface area contributed by atoms with E-state index in [0.717, 1.165) is 19.5 Å². The van der Waals surface area contributed by atoms with Crippen LogP contribution in [0.25, 0.3) is 10.9 Å². The normalized spacial score (nSPS) is 11.2. The van der Waals surface area contributed by atoms with E-state index in [1.807, 2.05) is 20.8 Å². The van der Waals surface area contributed by atoms with Crippen molar-refractivity contribution in [1.82, 2.24) is 10.3 Å². The number of fused-ring (bicyclic) bond motifs is 1. The molecule has 3 heteroatoms. The van der Waals surface area contributed by atoms with E-state index in [4.69, 9.17) is 7.85 Å². The molecule has 102 valence electrons. The average Bonchev–Trinajstić information content (AvgIpc) is 2.71. The molecule has 1 aromatic carbocycles. The third-order valence-electron chi connectivity index (χ3n) is 2.50. The summed E-state index contributed by atoms with van der Waals surface area (Å²) in [6, 6.07) is 8.44. The first-order valence-corrected chi connectivity index (χ1v) is 6.96. The molecule has 0 aliphatic heterocycles. The van der Waals surface area contributed by atoms with Crippen LogP contribution in [-0.4, -0.2) is 25.9 Å². The second-order valence-electron chi connectivity index (χ2n) is 5.83. The summed E-state index contributed by atoms with van der Waals surface area (Å²) >= 11 is 0. The molecular weight excluding hydrogens is 231 g/mol. The SMILES string of the molecule is CCNCCc1c[nH]c2ccccc12.[B]C(C)(C)C. The smallest absolute Gasteiger partial charge is 0.0735 e. The molecule has 2 aromatic rings. The molecule has 0 bridgehead atoms. The summed E-state index contributed by atoms with van der Waals surface area (Å²) in [6.07, 6.45) is 3.21. The van der Waals surface area contributed by atoms with Crippen molar-refractivity contribution < 1.29 is 0 Å². The fraction of sp³-hybridized carbons (Fsp3) is 0.500. The van der Waals surface area contributed by atoms with Crippen LogP contribution in [-0.2, 0) is 6.42 Å². The molecule has 0 atom stereocenters. The minimum absolute atomic E-state index is 0. The van der Waals surface area contributed by atoms with Gasteiger partial charge in [-0.15, -0.1) is 0 Å². The largest absolute Gasteiger partial charge is 0.361 e. The summed E-state index contributed by atoms with van der Waals surface area (Å²) in [4.78, 5) is 3.29. The van der Waals surface area contributed by atoms with E-state index < -0.39 is 0 Å². The van der Waals surface area contributed by atoms with Crippen molar-refractivity contribution in [3.63, 3.8) is 0 Å². The van der Waals surface area contributed by atoms with Crippen LogP contribution in [0.4, 0.5) is 0 Å². The second-order valence-corrected chi connectivity index (χ2v) is 5.83. The van der Waals surface area contributed by atoms with Crippen LogP contribution < -0.4 is 5.32 Å². The third-order valence-corrected chi connectivity index (χ3v) is 2.50. The number of H-pyrrole nitrogens is 1. The van der Waals surface area contributed by atoms with Gasteiger partial charge in [-0.05, 0) is 31.1 Å². The fourth-order valence-corrected chi connectivity index (χ4v) is 1.74. The van der Waals surface area contributed by atoms with Gasteiger partial charge in [0.25, 0.3) is 0 Å². The first kappa shape index (κ1) is 15.8. The third kappa shape index (κ3) is 6.49. The zero-order chi connectivity index (χ0) is 14.3. The fourth-order valence-electron chi connectivity index (χ4n) is 1.74. The second kappa shape index (κ2) is 7.39. The van der Waals surface area contributed by atoms with Crippen molar-refractivity contribution >= 4 is 18.7 Å². The van der Waals surface area contributed by atoms with Crippen molar-refractivity contribution in [2.24, 2.45) is 0 Å². The van der Waals surface area contributed by atoms with Crippen LogP contribution in [0.2, 0.25) is 5.31 Å². The highest BCUT2D eigenvalue weighted by Gasteiger charge is 2.01. The quantitative estimate of drug-likeness (QED) is 0.633. The van der Waals surface area contributed by atoms with Crippen LogP contribution in [0.1, 0.15) is 33.3 Å². The molecule has 0 unspecified atom stereocenters. The molecule has 2 nitrogen and oxygen atoms in total. The van der Waals surface area contributed by atoms with Gasteiger partial charge in [0.15, 0.2) is 0 Å². The molecule has 0 aliphatic carbocycles. The molecule has 1 aromatic heterocycles. The lowest BCUT2D eigenvalue weighted by molar-refractivity contribution is 0.718. The van der Waals surface area contributed by atoms with Gasteiger partial charge in [0.2, 0.25) is 0 Å². The van der Waals surface area contributed by atoms with Crippen LogP contribution in [0.15, 0.2) is 30.5 Å². The van der Waals surface area contributed by atoms with Gasteiger partial charge in [-0.3, -0.25) is 0 Å². The number of aromatic amines is 1. The van der Waals surface area contributed by atoms with Gasteiger partial charge >= 0.3 is 0 Å². The number of benzene rings is 1. The molecular formula is C16H25BN2. The predicted molar refractivity (Wildman–Crippen MR) is 86.0 cm³/mol.